The number of H-pyrrole nitrogens is 1. The van der Waals surface area contributed by atoms with Gasteiger partial charge in [0.1, 0.15) is 11.5 Å². The summed E-state index contributed by atoms with van der Waals surface area (Å²) in [4.78, 5) is 16.1. The van der Waals surface area contributed by atoms with Gasteiger partial charge in [-0.2, -0.15) is 0 Å². The van der Waals surface area contributed by atoms with Crippen molar-refractivity contribution < 1.29 is 14.3 Å². The number of nitrogens with one attached hydrogen (secondary N) is 1. The number of ketones is 1. The molecular weight excluding hydrogens is 302 g/mol. The van der Waals surface area contributed by atoms with E-state index in [2.05, 4.69) is 4.98 Å². The van der Waals surface area contributed by atoms with E-state index in [0.717, 1.165) is 16.5 Å². The lowest BCUT2D eigenvalue weighted by Gasteiger charge is -2.10. The molecule has 0 spiro atoms. The van der Waals surface area contributed by atoms with Gasteiger partial charge in [0.15, 0.2) is 5.78 Å². The summed E-state index contributed by atoms with van der Waals surface area (Å²) in [5.74, 6) is 1.07. The van der Waals surface area contributed by atoms with Crippen molar-refractivity contribution in [2.45, 2.75) is 6.92 Å². The quantitative estimate of drug-likeness (QED) is 0.557. The zero-order valence-electron chi connectivity index (χ0n) is 13.9. The van der Waals surface area contributed by atoms with Crippen LogP contribution in [-0.4, -0.2) is 25.0 Å². The van der Waals surface area contributed by atoms with Crippen LogP contribution >= 0.6 is 0 Å². The first-order valence-electron chi connectivity index (χ1n) is 7.65. The van der Waals surface area contributed by atoms with Crippen LogP contribution in [0.3, 0.4) is 0 Å². The Labute approximate surface area is 140 Å². The summed E-state index contributed by atoms with van der Waals surface area (Å²) < 4.78 is 10.5. The number of rotatable bonds is 5. The second-order valence-corrected chi connectivity index (χ2v) is 5.51. The van der Waals surface area contributed by atoms with E-state index in [1.54, 1.807) is 32.4 Å². The smallest absolute Gasteiger partial charge is 0.192 e. The molecule has 3 rings (SSSR count). The number of methoxy groups -OCH3 is 2. The third-order valence-electron chi connectivity index (χ3n) is 4.00. The number of Topliss-reactive ketones (excluding diaryl/α,β-unsaturated/α-hetero) is 1. The summed E-state index contributed by atoms with van der Waals surface area (Å²) in [7, 11) is 3.13. The van der Waals surface area contributed by atoms with Crippen LogP contribution in [0.4, 0.5) is 0 Å². The predicted molar refractivity (Wildman–Crippen MR) is 95.8 cm³/mol. The SMILES string of the molecule is COc1ccc(OC)c(C(=O)/C(C)=C/c2c[nH]c3ccccc23)c1. The summed E-state index contributed by atoms with van der Waals surface area (Å²) in [6, 6.07) is 13.2. The van der Waals surface area contributed by atoms with Crippen molar-refractivity contribution >= 4 is 22.8 Å². The largest absolute Gasteiger partial charge is 0.497 e. The minimum Gasteiger partial charge on any atom is -0.497 e. The van der Waals surface area contributed by atoms with Gasteiger partial charge in [-0.25, -0.2) is 0 Å². The summed E-state index contributed by atoms with van der Waals surface area (Å²) in [6.45, 7) is 1.81. The lowest BCUT2D eigenvalue weighted by molar-refractivity contribution is 0.103. The molecule has 0 fully saturated rings. The van der Waals surface area contributed by atoms with Crippen molar-refractivity contribution in [3.8, 4) is 11.5 Å². The van der Waals surface area contributed by atoms with Crippen LogP contribution in [0.1, 0.15) is 22.8 Å². The van der Waals surface area contributed by atoms with Crippen LogP contribution < -0.4 is 9.47 Å². The van der Waals surface area contributed by atoms with Crippen molar-refractivity contribution in [1.29, 1.82) is 0 Å². The Balaban J connectivity index is 2.00. The van der Waals surface area contributed by atoms with Crippen LogP contribution in [0.15, 0.2) is 54.2 Å². The van der Waals surface area contributed by atoms with Gasteiger partial charge in [-0.05, 0) is 42.8 Å². The standard InChI is InChI=1S/C20H19NO3/c1-13(10-14-12-21-18-7-5-4-6-16(14)18)20(22)17-11-15(23-2)8-9-19(17)24-3/h4-12,21H,1-3H3/b13-10+. The number of carbonyl (C=O) groups excluding carboxylic acids is 1. The first kappa shape index (κ1) is 15.9. The molecule has 122 valence electrons. The lowest BCUT2D eigenvalue weighted by Crippen LogP contribution is -2.04. The summed E-state index contributed by atoms with van der Waals surface area (Å²) in [5.41, 5.74) is 3.15. The third kappa shape index (κ3) is 2.91. The molecule has 3 aromatic rings. The predicted octanol–water partition coefficient (Wildman–Crippen LogP) is 4.47. The molecule has 0 aliphatic heterocycles. The molecule has 0 bridgehead atoms. The number of allylic oxidation sites excluding steroid dienone is 1. The summed E-state index contributed by atoms with van der Waals surface area (Å²) >= 11 is 0. The highest BCUT2D eigenvalue weighted by atomic mass is 16.5. The second-order valence-electron chi connectivity index (χ2n) is 5.51. The van der Waals surface area contributed by atoms with E-state index in [4.69, 9.17) is 9.47 Å². The average Bonchev–Trinajstić information content (AvgIpc) is 3.03. The van der Waals surface area contributed by atoms with Crippen LogP contribution in [0.2, 0.25) is 0 Å². The minimum atomic E-state index is -0.0870. The second kappa shape index (κ2) is 6.62. The number of ether oxygens (including phenoxy) is 2. The molecule has 1 aromatic heterocycles. The Morgan fingerprint density at radius 1 is 1.08 bits per heavy atom. The van der Waals surface area contributed by atoms with Crippen LogP contribution in [-0.2, 0) is 0 Å². The zero-order valence-corrected chi connectivity index (χ0v) is 13.9. The van der Waals surface area contributed by atoms with Crippen LogP contribution in [0.25, 0.3) is 17.0 Å². The van der Waals surface area contributed by atoms with E-state index in [9.17, 15) is 4.79 Å². The number of benzene rings is 2. The fraction of sp³-hybridized carbons (Fsp3) is 0.150. The average molecular weight is 321 g/mol. The Hall–Kier alpha value is -3.01. The Morgan fingerprint density at radius 2 is 1.88 bits per heavy atom. The van der Waals surface area contributed by atoms with E-state index >= 15 is 0 Å². The lowest BCUT2D eigenvalue weighted by atomic mass is 10.0. The van der Waals surface area contributed by atoms with Gasteiger partial charge in [0.25, 0.3) is 0 Å². The Morgan fingerprint density at radius 3 is 2.62 bits per heavy atom. The number of aromatic amines is 1. The monoisotopic (exact) mass is 321 g/mol. The molecule has 0 aliphatic rings. The highest BCUT2D eigenvalue weighted by Gasteiger charge is 2.16. The zero-order chi connectivity index (χ0) is 17.1. The maximum absolute atomic E-state index is 12.8. The molecule has 0 aliphatic carbocycles. The van der Waals surface area contributed by atoms with E-state index in [0.29, 0.717) is 22.6 Å². The van der Waals surface area contributed by atoms with Crippen LogP contribution in [0.5, 0.6) is 11.5 Å². The molecular formula is C20H19NO3. The van der Waals surface area contributed by atoms with Gasteiger partial charge in [-0.15, -0.1) is 0 Å². The molecule has 0 radical (unpaired) electrons. The molecule has 0 atom stereocenters. The topological polar surface area (TPSA) is 51.3 Å². The maximum atomic E-state index is 12.8. The summed E-state index contributed by atoms with van der Waals surface area (Å²) in [6.07, 6.45) is 3.80. The molecule has 1 heterocycles. The van der Waals surface area contributed by atoms with Gasteiger partial charge in [-0.1, -0.05) is 18.2 Å². The molecule has 0 saturated heterocycles. The van der Waals surface area contributed by atoms with Gasteiger partial charge < -0.3 is 14.5 Å². The number of para-hydroxylation sites is 1. The van der Waals surface area contributed by atoms with Gasteiger partial charge >= 0.3 is 0 Å². The molecule has 0 amide bonds. The third-order valence-corrected chi connectivity index (χ3v) is 4.00. The molecule has 0 unspecified atom stereocenters. The number of carbonyl (C=O) groups is 1. The highest BCUT2D eigenvalue weighted by molar-refractivity contribution is 6.13. The van der Waals surface area contributed by atoms with E-state index in [1.165, 1.54) is 0 Å². The van der Waals surface area contributed by atoms with E-state index in [-0.39, 0.29) is 5.78 Å². The first-order valence-corrected chi connectivity index (χ1v) is 7.65. The normalized spacial score (nSPS) is 11.5. The van der Waals surface area contributed by atoms with Gasteiger partial charge in [0.2, 0.25) is 0 Å². The molecule has 24 heavy (non-hydrogen) atoms. The molecule has 1 N–H and O–H groups in total. The van der Waals surface area contributed by atoms with Gasteiger partial charge in [0.05, 0.1) is 19.8 Å². The van der Waals surface area contributed by atoms with Gasteiger partial charge in [-0.3, -0.25) is 4.79 Å². The minimum absolute atomic E-state index is 0.0870. The number of aromatic nitrogens is 1. The Kier molecular flexibility index (Phi) is 4.38. The number of fused-ring (bicyclic) bond motifs is 1. The molecule has 4 nitrogen and oxygen atoms in total. The van der Waals surface area contributed by atoms with E-state index < -0.39 is 0 Å². The molecule has 2 aromatic carbocycles. The van der Waals surface area contributed by atoms with Gasteiger partial charge in [0, 0.05) is 22.7 Å². The van der Waals surface area contributed by atoms with Crippen molar-refractivity contribution in [2.24, 2.45) is 0 Å². The fourth-order valence-electron chi connectivity index (χ4n) is 2.72. The van der Waals surface area contributed by atoms with Crippen LogP contribution in [0, 0.1) is 0 Å². The maximum Gasteiger partial charge on any atom is 0.192 e. The first-order chi connectivity index (χ1) is 11.6. The Bertz CT molecular complexity index is 922. The summed E-state index contributed by atoms with van der Waals surface area (Å²) in [5, 5.41) is 1.09. The van der Waals surface area contributed by atoms with Crippen molar-refractivity contribution in [2.75, 3.05) is 14.2 Å². The molecule has 4 heteroatoms. The highest BCUT2D eigenvalue weighted by Crippen LogP contribution is 2.27. The molecule has 0 saturated carbocycles. The van der Waals surface area contributed by atoms with Crippen molar-refractivity contribution in [1.82, 2.24) is 4.98 Å². The number of hydrogen-bond acceptors (Lipinski definition) is 3. The van der Waals surface area contributed by atoms with Crippen molar-refractivity contribution in [3.63, 3.8) is 0 Å². The van der Waals surface area contributed by atoms with E-state index in [1.807, 2.05) is 43.5 Å². The fourth-order valence-corrected chi connectivity index (χ4v) is 2.72. The van der Waals surface area contributed by atoms with Crippen molar-refractivity contribution in [3.05, 3.63) is 65.4 Å². The number of hydrogen-bond donors (Lipinski definition) is 1.